The van der Waals surface area contributed by atoms with Crippen molar-refractivity contribution in [3.63, 3.8) is 0 Å². The Morgan fingerprint density at radius 1 is 1.33 bits per heavy atom. The summed E-state index contributed by atoms with van der Waals surface area (Å²) in [7, 11) is 3.12. The predicted molar refractivity (Wildman–Crippen MR) is 78.0 cm³/mol. The third-order valence-electron chi connectivity index (χ3n) is 4.36. The van der Waals surface area contributed by atoms with Crippen LogP contribution in [-0.4, -0.2) is 26.3 Å². The second kappa shape index (κ2) is 4.63. The topological polar surface area (TPSA) is 44.8 Å². The lowest BCUT2D eigenvalue weighted by Gasteiger charge is -2.34. The van der Waals surface area contributed by atoms with E-state index in [1.165, 1.54) is 0 Å². The second-order valence-corrected chi connectivity index (χ2v) is 5.40. The highest BCUT2D eigenvalue weighted by molar-refractivity contribution is 5.94. The fourth-order valence-electron chi connectivity index (χ4n) is 3.28. The van der Waals surface area contributed by atoms with Crippen molar-refractivity contribution in [2.45, 2.75) is 24.9 Å². The molecule has 2 heterocycles. The van der Waals surface area contributed by atoms with Crippen molar-refractivity contribution in [1.82, 2.24) is 0 Å². The van der Waals surface area contributed by atoms with Gasteiger partial charge in [-0.2, -0.15) is 0 Å². The molecule has 4 heteroatoms. The Balaban J connectivity index is 2.25. The van der Waals surface area contributed by atoms with Crippen LogP contribution in [0.5, 0.6) is 0 Å². The maximum Gasteiger partial charge on any atom is 0.194 e. The molecule has 2 bridgehead atoms. The molecule has 4 nitrogen and oxygen atoms in total. The molecule has 110 valence electrons. The van der Waals surface area contributed by atoms with Crippen LogP contribution >= 0.6 is 0 Å². The molecule has 2 aliphatic heterocycles. The Hall–Kier alpha value is -1.75. The molecule has 2 aliphatic rings. The standard InChI is InChI=1S/C17H18O4/c1-9-10(2)17(16(19-4)20-5)14-8-12(11(3)18)6-7-13(14)15(9)21-17/h6-8,15-16H,1-2H2,3-5H3. The monoisotopic (exact) mass is 286 g/mol. The minimum Gasteiger partial charge on any atom is -0.352 e. The number of ether oxygens (including phenoxy) is 3. The van der Waals surface area contributed by atoms with Crippen molar-refractivity contribution >= 4 is 5.78 Å². The van der Waals surface area contributed by atoms with Crippen LogP contribution in [0, 0.1) is 0 Å². The van der Waals surface area contributed by atoms with E-state index in [-0.39, 0.29) is 11.9 Å². The summed E-state index contributed by atoms with van der Waals surface area (Å²) in [6, 6.07) is 5.57. The van der Waals surface area contributed by atoms with Crippen molar-refractivity contribution in [3.05, 3.63) is 59.2 Å². The summed E-state index contributed by atoms with van der Waals surface area (Å²) in [5, 5.41) is 0. The van der Waals surface area contributed by atoms with Gasteiger partial charge in [-0.3, -0.25) is 4.79 Å². The summed E-state index contributed by atoms with van der Waals surface area (Å²) >= 11 is 0. The number of methoxy groups -OCH3 is 2. The van der Waals surface area contributed by atoms with Gasteiger partial charge in [0, 0.05) is 25.3 Å². The van der Waals surface area contributed by atoms with Gasteiger partial charge in [-0.05, 0) is 29.7 Å². The van der Waals surface area contributed by atoms with Crippen LogP contribution in [-0.2, 0) is 19.8 Å². The number of carbonyl (C=O) groups is 1. The second-order valence-electron chi connectivity index (χ2n) is 5.40. The van der Waals surface area contributed by atoms with E-state index < -0.39 is 11.9 Å². The van der Waals surface area contributed by atoms with Gasteiger partial charge >= 0.3 is 0 Å². The van der Waals surface area contributed by atoms with E-state index in [9.17, 15) is 4.79 Å². The number of benzene rings is 1. The number of fused-ring (bicyclic) bond motifs is 5. The predicted octanol–water partition coefficient (Wildman–Crippen LogP) is 2.90. The zero-order valence-electron chi connectivity index (χ0n) is 12.4. The molecular formula is C17H18O4. The molecule has 0 aromatic heterocycles. The molecule has 0 N–H and O–H groups in total. The van der Waals surface area contributed by atoms with Gasteiger partial charge in [-0.15, -0.1) is 0 Å². The summed E-state index contributed by atoms with van der Waals surface area (Å²) in [6.45, 7) is 9.72. The van der Waals surface area contributed by atoms with Gasteiger partial charge in [0.2, 0.25) is 0 Å². The summed E-state index contributed by atoms with van der Waals surface area (Å²) in [5.74, 6) is 0.00606. The molecule has 0 saturated carbocycles. The Morgan fingerprint density at radius 3 is 2.57 bits per heavy atom. The third-order valence-corrected chi connectivity index (χ3v) is 4.36. The van der Waals surface area contributed by atoms with E-state index in [1.54, 1.807) is 21.1 Å². The smallest absolute Gasteiger partial charge is 0.194 e. The molecule has 0 aliphatic carbocycles. The van der Waals surface area contributed by atoms with E-state index in [4.69, 9.17) is 14.2 Å². The van der Waals surface area contributed by atoms with Crippen molar-refractivity contribution in [3.8, 4) is 0 Å². The number of ketones is 1. The van der Waals surface area contributed by atoms with Gasteiger partial charge in [-0.25, -0.2) is 0 Å². The normalized spacial score (nSPS) is 26.6. The quantitative estimate of drug-likeness (QED) is 0.630. The van der Waals surface area contributed by atoms with Crippen LogP contribution in [0.3, 0.4) is 0 Å². The van der Waals surface area contributed by atoms with Crippen LogP contribution in [0.25, 0.3) is 0 Å². The Kier molecular flexibility index (Phi) is 3.13. The van der Waals surface area contributed by atoms with Crippen molar-refractivity contribution in [2.75, 3.05) is 14.2 Å². The van der Waals surface area contributed by atoms with Gasteiger partial charge in [0.25, 0.3) is 0 Å². The largest absolute Gasteiger partial charge is 0.352 e. The Labute approximate surface area is 124 Å². The molecule has 0 radical (unpaired) electrons. The first-order valence-electron chi connectivity index (χ1n) is 6.74. The Bertz CT molecular complexity index is 657. The molecule has 1 saturated heterocycles. The van der Waals surface area contributed by atoms with E-state index in [1.807, 2.05) is 18.2 Å². The average Bonchev–Trinajstić information content (AvgIpc) is 2.94. The van der Waals surface area contributed by atoms with Gasteiger partial charge in [0.15, 0.2) is 17.7 Å². The van der Waals surface area contributed by atoms with Crippen molar-refractivity contribution in [1.29, 1.82) is 0 Å². The maximum atomic E-state index is 11.7. The summed E-state index contributed by atoms with van der Waals surface area (Å²) < 4.78 is 17.1. The summed E-state index contributed by atoms with van der Waals surface area (Å²) in [6.07, 6.45) is -0.892. The van der Waals surface area contributed by atoms with Crippen LogP contribution in [0.15, 0.2) is 42.5 Å². The van der Waals surface area contributed by atoms with Crippen LogP contribution in [0.2, 0.25) is 0 Å². The first-order chi connectivity index (χ1) is 9.97. The number of rotatable bonds is 4. The molecule has 1 aromatic rings. The first kappa shape index (κ1) is 14.2. The summed E-state index contributed by atoms with van der Waals surface area (Å²) in [5.41, 5.74) is 3.16. The van der Waals surface area contributed by atoms with Crippen LogP contribution < -0.4 is 0 Å². The average molecular weight is 286 g/mol. The zero-order valence-corrected chi connectivity index (χ0v) is 12.4. The fourth-order valence-corrected chi connectivity index (χ4v) is 3.28. The van der Waals surface area contributed by atoms with E-state index in [0.29, 0.717) is 5.56 Å². The van der Waals surface area contributed by atoms with Crippen molar-refractivity contribution < 1.29 is 19.0 Å². The molecule has 21 heavy (non-hydrogen) atoms. The van der Waals surface area contributed by atoms with E-state index >= 15 is 0 Å². The highest BCUT2D eigenvalue weighted by atomic mass is 16.7. The Morgan fingerprint density at radius 2 is 2.00 bits per heavy atom. The van der Waals surface area contributed by atoms with E-state index in [2.05, 4.69) is 13.2 Å². The van der Waals surface area contributed by atoms with Gasteiger partial charge in [0.1, 0.15) is 6.10 Å². The summed E-state index contributed by atoms with van der Waals surface area (Å²) in [4.78, 5) is 11.7. The molecule has 2 atom stereocenters. The number of carbonyl (C=O) groups excluding carboxylic acids is 1. The lowest BCUT2D eigenvalue weighted by atomic mass is 9.75. The zero-order chi connectivity index (χ0) is 15.4. The van der Waals surface area contributed by atoms with Crippen LogP contribution in [0.1, 0.15) is 34.5 Å². The highest BCUT2D eigenvalue weighted by Crippen LogP contribution is 2.61. The molecule has 3 rings (SSSR count). The number of hydrogen-bond donors (Lipinski definition) is 0. The minimum atomic E-state index is -0.925. The molecule has 0 amide bonds. The molecule has 1 aromatic carbocycles. The fraction of sp³-hybridized carbons (Fsp3) is 0.353. The highest BCUT2D eigenvalue weighted by Gasteiger charge is 2.60. The first-order valence-corrected chi connectivity index (χ1v) is 6.74. The number of Topliss-reactive ketones (excluding diaryl/α,β-unsaturated/α-hetero) is 1. The van der Waals surface area contributed by atoms with Crippen LogP contribution in [0.4, 0.5) is 0 Å². The van der Waals surface area contributed by atoms with Gasteiger partial charge in [0.05, 0.1) is 0 Å². The number of hydrogen-bond acceptors (Lipinski definition) is 4. The maximum absolute atomic E-state index is 11.7. The lowest BCUT2D eigenvalue weighted by Crippen LogP contribution is -2.41. The van der Waals surface area contributed by atoms with Gasteiger partial charge < -0.3 is 14.2 Å². The van der Waals surface area contributed by atoms with E-state index in [0.717, 1.165) is 22.3 Å². The lowest BCUT2D eigenvalue weighted by molar-refractivity contribution is -0.213. The van der Waals surface area contributed by atoms with Gasteiger partial charge in [-0.1, -0.05) is 25.3 Å². The molecule has 2 unspecified atom stereocenters. The molecular weight excluding hydrogens is 268 g/mol. The third kappa shape index (κ3) is 1.64. The molecule has 0 spiro atoms. The SMILES string of the molecule is C=C1C(=C)C2(C(OC)OC)OC1c1ccc(C(C)=O)cc12. The van der Waals surface area contributed by atoms with Crippen molar-refractivity contribution in [2.24, 2.45) is 0 Å². The molecule has 1 fully saturated rings. The minimum absolute atomic E-state index is 0.00606.